The predicted molar refractivity (Wildman–Crippen MR) is 66.7 cm³/mol. The second-order valence-electron chi connectivity index (χ2n) is 4.24. The second kappa shape index (κ2) is 6.01. The van der Waals surface area contributed by atoms with Gasteiger partial charge >= 0.3 is 0 Å². The van der Waals surface area contributed by atoms with Crippen LogP contribution in [0.1, 0.15) is 24.8 Å². The Morgan fingerprint density at radius 3 is 3.00 bits per heavy atom. The van der Waals surface area contributed by atoms with Crippen molar-refractivity contribution in [3.63, 3.8) is 0 Å². The van der Waals surface area contributed by atoms with E-state index in [2.05, 4.69) is 10.6 Å². The maximum absolute atomic E-state index is 11.5. The highest BCUT2D eigenvalue weighted by molar-refractivity contribution is 7.07. The van der Waals surface area contributed by atoms with Crippen molar-refractivity contribution in [3.8, 4) is 0 Å². The van der Waals surface area contributed by atoms with E-state index in [1.807, 2.05) is 16.8 Å². The fourth-order valence-corrected chi connectivity index (χ4v) is 2.22. The highest BCUT2D eigenvalue weighted by atomic mass is 32.1. The van der Waals surface area contributed by atoms with Crippen LogP contribution in [-0.4, -0.2) is 25.0 Å². The molecule has 1 aromatic rings. The largest absolute Gasteiger partial charge is 0.356 e. The molecule has 16 heavy (non-hydrogen) atoms. The third kappa shape index (κ3) is 4.33. The maximum Gasteiger partial charge on any atom is 0.224 e. The van der Waals surface area contributed by atoms with Gasteiger partial charge in [-0.1, -0.05) is 0 Å². The third-order valence-electron chi connectivity index (χ3n) is 2.63. The summed E-state index contributed by atoms with van der Waals surface area (Å²) in [4.78, 5) is 11.5. The Balaban J connectivity index is 1.50. The van der Waals surface area contributed by atoms with Crippen molar-refractivity contribution in [2.75, 3.05) is 13.1 Å². The van der Waals surface area contributed by atoms with E-state index in [1.165, 1.54) is 12.8 Å². The summed E-state index contributed by atoms with van der Waals surface area (Å²) in [6.07, 6.45) is 4.18. The van der Waals surface area contributed by atoms with Crippen LogP contribution in [-0.2, 0) is 11.2 Å². The first-order chi connectivity index (χ1) is 7.84. The van der Waals surface area contributed by atoms with E-state index in [9.17, 15) is 4.79 Å². The number of hydrogen-bond acceptors (Lipinski definition) is 3. The average molecular weight is 238 g/mol. The molecule has 1 heterocycles. The summed E-state index contributed by atoms with van der Waals surface area (Å²) in [5.41, 5.74) is 1.11. The minimum atomic E-state index is 0.129. The van der Waals surface area contributed by atoms with Crippen LogP contribution >= 0.6 is 11.3 Å². The summed E-state index contributed by atoms with van der Waals surface area (Å²) in [6.45, 7) is 1.80. The monoisotopic (exact) mass is 238 g/mol. The molecular weight excluding hydrogens is 220 g/mol. The maximum atomic E-state index is 11.5. The van der Waals surface area contributed by atoms with Gasteiger partial charge in [-0.3, -0.25) is 4.79 Å². The molecule has 1 fully saturated rings. The molecule has 1 amide bonds. The third-order valence-corrected chi connectivity index (χ3v) is 3.36. The second-order valence-corrected chi connectivity index (χ2v) is 5.02. The minimum absolute atomic E-state index is 0.129. The van der Waals surface area contributed by atoms with Crippen LogP contribution in [0.3, 0.4) is 0 Å². The van der Waals surface area contributed by atoms with Crippen LogP contribution in [0.5, 0.6) is 0 Å². The van der Waals surface area contributed by atoms with Gasteiger partial charge in [-0.2, -0.15) is 11.3 Å². The van der Waals surface area contributed by atoms with Gasteiger partial charge in [0.25, 0.3) is 0 Å². The Labute approximate surface area is 100 Å². The Kier molecular flexibility index (Phi) is 4.36. The number of carbonyl (C=O) groups is 1. The first-order valence-electron chi connectivity index (χ1n) is 5.86. The van der Waals surface area contributed by atoms with Gasteiger partial charge in [-0.15, -0.1) is 0 Å². The van der Waals surface area contributed by atoms with Crippen molar-refractivity contribution in [1.29, 1.82) is 0 Å². The summed E-state index contributed by atoms with van der Waals surface area (Å²) < 4.78 is 0. The Bertz CT molecular complexity index is 320. The molecule has 1 aromatic heterocycles. The molecule has 0 aromatic carbocycles. The SMILES string of the molecule is O=C(Cc1ccsc1)NCCCNC1CC1. The molecule has 1 saturated carbocycles. The Morgan fingerprint density at radius 1 is 1.44 bits per heavy atom. The normalized spacial score (nSPS) is 15.0. The van der Waals surface area contributed by atoms with Crippen LogP contribution in [0.15, 0.2) is 16.8 Å². The molecule has 3 nitrogen and oxygen atoms in total. The van der Waals surface area contributed by atoms with Gasteiger partial charge in [0, 0.05) is 12.6 Å². The van der Waals surface area contributed by atoms with Crippen LogP contribution in [0.4, 0.5) is 0 Å². The van der Waals surface area contributed by atoms with Crippen molar-refractivity contribution in [3.05, 3.63) is 22.4 Å². The van der Waals surface area contributed by atoms with Crippen LogP contribution < -0.4 is 10.6 Å². The standard InChI is InChI=1S/C12H18N2OS/c15-12(8-10-4-7-16-9-10)14-6-1-5-13-11-2-3-11/h4,7,9,11,13H,1-3,5-6,8H2,(H,14,15). The zero-order valence-corrected chi connectivity index (χ0v) is 10.2. The molecular formula is C12H18N2OS. The molecule has 0 spiro atoms. The summed E-state index contributed by atoms with van der Waals surface area (Å²) in [5, 5.41) is 10.4. The lowest BCUT2D eigenvalue weighted by molar-refractivity contribution is -0.120. The van der Waals surface area contributed by atoms with Gasteiger partial charge in [-0.25, -0.2) is 0 Å². The van der Waals surface area contributed by atoms with Gasteiger partial charge in [0.05, 0.1) is 6.42 Å². The van der Waals surface area contributed by atoms with Crippen molar-refractivity contribution in [1.82, 2.24) is 10.6 Å². The summed E-state index contributed by atoms with van der Waals surface area (Å²) >= 11 is 1.63. The van der Waals surface area contributed by atoms with Crippen molar-refractivity contribution in [2.45, 2.75) is 31.7 Å². The zero-order chi connectivity index (χ0) is 11.2. The lowest BCUT2D eigenvalue weighted by atomic mass is 10.2. The van der Waals surface area contributed by atoms with Crippen molar-refractivity contribution >= 4 is 17.2 Å². The van der Waals surface area contributed by atoms with Crippen molar-refractivity contribution < 1.29 is 4.79 Å². The van der Waals surface area contributed by atoms with E-state index in [-0.39, 0.29) is 5.91 Å². The summed E-state index contributed by atoms with van der Waals surface area (Å²) in [6, 6.07) is 2.76. The van der Waals surface area contributed by atoms with Gasteiger partial charge in [-0.05, 0) is 48.2 Å². The molecule has 0 radical (unpaired) electrons. The molecule has 1 aliphatic carbocycles. The molecule has 4 heteroatoms. The molecule has 0 aliphatic heterocycles. The fourth-order valence-electron chi connectivity index (χ4n) is 1.55. The Morgan fingerprint density at radius 2 is 2.31 bits per heavy atom. The molecule has 2 N–H and O–H groups in total. The first-order valence-corrected chi connectivity index (χ1v) is 6.80. The molecule has 1 aliphatic rings. The number of nitrogens with one attached hydrogen (secondary N) is 2. The molecule has 88 valence electrons. The number of carbonyl (C=O) groups excluding carboxylic acids is 1. The zero-order valence-electron chi connectivity index (χ0n) is 9.37. The van der Waals surface area contributed by atoms with E-state index in [0.717, 1.165) is 31.1 Å². The first kappa shape index (κ1) is 11.6. The minimum Gasteiger partial charge on any atom is -0.356 e. The van der Waals surface area contributed by atoms with Gasteiger partial charge in [0.2, 0.25) is 5.91 Å². The van der Waals surface area contributed by atoms with E-state index in [4.69, 9.17) is 0 Å². The number of amides is 1. The van der Waals surface area contributed by atoms with E-state index < -0.39 is 0 Å². The smallest absolute Gasteiger partial charge is 0.224 e. The lowest BCUT2D eigenvalue weighted by Gasteiger charge is -2.05. The van der Waals surface area contributed by atoms with Gasteiger partial charge in [0.1, 0.15) is 0 Å². The van der Waals surface area contributed by atoms with Gasteiger partial charge < -0.3 is 10.6 Å². The van der Waals surface area contributed by atoms with Crippen molar-refractivity contribution in [2.24, 2.45) is 0 Å². The van der Waals surface area contributed by atoms with E-state index in [0.29, 0.717) is 6.42 Å². The summed E-state index contributed by atoms with van der Waals surface area (Å²) in [7, 11) is 0. The number of thiophene rings is 1. The highest BCUT2D eigenvalue weighted by Gasteiger charge is 2.19. The highest BCUT2D eigenvalue weighted by Crippen LogP contribution is 2.18. The molecule has 2 rings (SSSR count). The topological polar surface area (TPSA) is 41.1 Å². The quantitative estimate of drug-likeness (QED) is 0.708. The average Bonchev–Trinajstić information content (AvgIpc) is 2.95. The molecule has 0 atom stereocenters. The summed E-state index contributed by atoms with van der Waals surface area (Å²) in [5.74, 6) is 0.129. The fraction of sp³-hybridized carbons (Fsp3) is 0.583. The predicted octanol–water partition coefficient (Wildman–Crippen LogP) is 1.55. The molecule has 0 unspecified atom stereocenters. The van der Waals surface area contributed by atoms with E-state index in [1.54, 1.807) is 11.3 Å². The Hall–Kier alpha value is -0.870. The van der Waals surface area contributed by atoms with E-state index >= 15 is 0 Å². The molecule has 0 saturated heterocycles. The van der Waals surface area contributed by atoms with Gasteiger partial charge in [0.15, 0.2) is 0 Å². The number of hydrogen-bond donors (Lipinski definition) is 2. The number of rotatable bonds is 7. The van der Waals surface area contributed by atoms with Crippen LogP contribution in [0.2, 0.25) is 0 Å². The molecule has 0 bridgehead atoms. The van der Waals surface area contributed by atoms with Crippen LogP contribution in [0.25, 0.3) is 0 Å². The van der Waals surface area contributed by atoms with Crippen LogP contribution in [0, 0.1) is 0 Å². The lowest BCUT2D eigenvalue weighted by Crippen LogP contribution is -2.28.